The average Bonchev–Trinajstić information content (AvgIpc) is 2.23. The lowest BCUT2D eigenvalue weighted by Gasteiger charge is -1.37. The van der Waals surface area contributed by atoms with Crippen LogP contribution < -0.4 is 0 Å². The second-order valence-corrected chi connectivity index (χ2v) is 18.7. The SMILES string of the molecule is C#CC.S=S=S=S=S=S=S=S=S=S=S=S. The minimum atomic E-state index is 1.36. The van der Waals surface area contributed by atoms with E-state index in [0.717, 1.165) is 0 Å². The van der Waals surface area contributed by atoms with Gasteiger partial charge in [0.1, 0.15) is 0 Å². The van der Waals surface area contributed by atoms with Crippen molar-refractivity contribution in [3.05, 3.63) is 0 Å². The van der Waals surface area contributed by atoms with E-state index < -0.39 is 0 Å². The van der Waals surface area contributed by atoms with E-state index in [0.29, 0.717) is 0 Å². The second-order valence-electron chi connectivity index (χ2n) is 0.969. The van der Waals surface area contributed by atoms with Crippen LogP contribution in [0, 0.1) is 12.3 Å². The first-order valence-corrected chi connectivity index (χ1v) is 17.3. The maximum absolute atomic E-state index is 4.69. The summed E-state index contributed by atoms with van der Waals surface area (Å²) in [6.07, 6.45) is 4.60. The van der Waals surface area contributed by atoms with Gasteiger partial charge in [-0.1, -0.05) is 0 Å². The quantitative estimate of drug-likeness (QED) is 0.523. The molecule has 0 N–H and O–H groups in total. The van der Waals surface area contributed by atoms with Crippen molar-refractivity contribution in [2.24, 2.45) is 0 Å². The summed E-state index contributed by atoms with van der Waals surface area (Å²) in [5.41, 5.74) is 0. The molecule has 0 unspecified atom stereocenters. The predicted molar refractivity (Wildman–Crippen MR) is 103 cm³/mol. The molecule has 0 nitrogen and oxygen atoms in total. The lowest BCUT2D eigenvalue weighted by atomic mass is 10.9. The fraction of sp³-hybridized carbons (Fsp3) is 0.333. The van der Waals surface area contributed by atoms with Crippen molar-refractivity contribution in [3.8, 4) is 12.3 Å². The van der Waals surface area contributed by atoms with E-state index in [2.05, 4.69) is 34.7 Å². The third-order valence-electron chi connectivity index (χ3n) is 0.250. The summed E-state index contributed by atoms with van der Waals surface area (Å²) in [6.45, 7) is 1.65. The van der Waals surface area contributed by atoms with Crippen LogP contribution in [0.5, 0.6) is 0 Å². The Morgan fingerprint density at radius 2 is 0.933 bits per heavy atom. The summed E-state index contributed by atoms with van der Waals surface area (Å²) in [6, 6.07) is 0. The first-order chi connectivity index (χ1) is 7.33. The van der Waals surface area contributed by atoms with Crippen LogP contribution in [0.4, 0.5) is 0 Å². The third kappa shape index (κ3) is 26.0. The fourth-order valence-electron chi connectivity index (χ4n) is 0.0907. The minimum absolute atomic E-state index is 1.36. The van der Waals surface area contributed by atoms with Gasteiger partial charge >= 0.3 is 0 Å². The molecule has 12 heteroatoms. The zero-order valence-electron chi connectivity index (χ0n) is 6.98. The van der Waals surface area contributed by atoms with E-state index in [1.54, 1.807) is 78.0 Å². The average molecular weight is 425 g/mol. The van der Waals surface area contributed by atoms with Crippen molar-refractivity contribution >= 4 is 111 Å². The molecule has 0 bridgehead atoms. The third-order valence-corrected chi connectivity index (χ3v) is 20.2. The molecule has 0 rings (SSSR count). The Bertz CT molecular complexity index is 536. The van der Waals surface area contributed by atoms with E-state index in [-0.39, 0.29) is 0 Å². The van der Waals surface area contributed by atoms with Crippen molar-refractivity contribution in [1.82, 2.24) is 0 Å². The molecule has 0 aromatic heterocycles. The van der Waals surface area contributed by atoms with E-state index in [4.69, 9.17) is 0 Å². The zero-order valence-corrected chi connectivity index (χ0v) is 16.8. The molecule has 15 heavy (non-hydrogen) atoms. The van der Waals surface area contributed by atoms with Gasteiger partial charge in [-0.25, -0.2) is 0 Å². The summed E-state index contributed by atoms with van der Waals surface area (Å²) in [7, 11) is 16.3. The Balaban J connectivity index is 0. The van der Waals surface area contributed by atoms with E-state index in [1.165, 1.54) is 17.8 Å². The van der Waals surface area contributed by atoms with Gasteiger partial charge in [-0.2, -0.15) is 0 Å². The highest BCUT2D eigenvalue weighted by Crippen LogP contribution is 1.38. The topological polar surface area (TPSA) is 0 Å². The van der Waals surface area contributed by atoms with Crippen LogP contribution in [0.25, 0.3) is 0 Å². The predicted octanol–water partition coefficient (Wildman–Crippen LogP) is 0.611. The van der Waals surface area contributed by atoms with Crippen LogP contribution in [0.1, 0.15) is 6.92 Å². The normalized spacial score (nSPS) is 6.13. The van der Waals surface area contributed by atoms with Crippen LogP contribution in [0.3, 0.4) is 0 Å². The van der Waals surface area contributed by atoms with E-state index >= 15 is 0 Å². The monoisotopic (exact) mass is 424 g/mol. The molecule has 0 radical (unpaired) electrons. The molecule has 0 saturated heterocycles. The highest BCUT2D eigenvalue weighted by atomic mass is 33.4. The molecule has 0 aliphatic heterocycles. The summed E-state index contributed by atoms with van der Waals surface area (Å²) in [5.74, 6) is 2.25. The summed E-state index contributed by atoms with van der Waals surface area (Å²) in [5, 5.41) is 0. The molecular weight excluding hydrogens is 421 g/mol. The zero-order chi connectivity index (χ0) is 11.8. The van der Waals surface area contributed by atoms with Gasteiger partial charge in [0.2, 0.25) is 0 Å². The van der Waals surface area contributed by atoms with Gasteiger partial charge < -0.3 is 0 Å². The molecule has 0 atom stereocenters. The maximum atomic E-state index is 4.69. The molecule has 88 valence electrons. The molecule has 0 heterocycles. The molecule has 0 aromatic rings. The van der Waals surface area contributed by atoms with Crippen LogP contribution >= 0.6 is 0 Å². The maximum Gasteiger partial charge on any atom is 0 e. The molecule has 0 aromatic carbocycles. The number of hydrogen-bond donors (Lipinski definition) is 0. The minimum Gasteiger partial charge on any atom is -0.120 e. The van der Waals surface area contributed by atoms with Crippen molar-refractivity contribution in [3.63, 3.8) is 0 Å². The Hall–Kier alpha value is 2.20. The van der Waals surface area contributed by atoms with Crippen molar-refractivity contribution in [2.45, 2.75) is 6.92 Å². The van der Waals surface area contributed by atoms with Crippen LogP contribution in [0.2, 0.25) is 0 Å². The summed E-state index contributed by atoms with van der Waals surface area (Å²) < 4.78 is 0. The van der Waals surface area contributed by atoms with Crippen molar-refractivity contribution in [2.75, 3.05) is 0 Å². The summed E-state index contributed by atoms with van der Waals surface area (Å²) in [4.78, 5) is 0. The number of rotatable bonds is 0. The Morgan fingerprint density at radius 1 is 0.733 bits per heavy atom. The molecule has 0 amide bonds. The fourth-order valence-corrected chi connectivity index (χ4v) is 22.0. The van der Waals surface area contributed by atoms with E-state index in [9.17, 15) is 0 Å². The lowest BCUT2D eigenvalue weighted by Crippen LogP contribution is -1.37. The van der Waals surface area contributed by atoms with E-state index in [1.807, 2.05) is 0 Å². The number of hydrogen-bond acceptors (Lipinski definition) is 2. The molecule has 0 aliphatic rings. The first-order valence-electron chi connectivity index (χ1n) is 2.62. The Kier molecular flexibility index (Phi) is 28.0. The van der Waals surface area contributed by atoms with Gasteiger partial charge in [0.15, 0.2) is 0 Å². The Labute approximate surface area is 128 Å². The van der Waals surface area contributed by atoms with Crippen LogP contribution in [-0.2, 0) is 111 Å². The van der Waals surface area contributed by atoms with Crippen molar-refractivity contribution in [1.29, 1.82) is 0 Å². The van der Waals surface area contributed by atoms with Gasteiger partial charge in [-0.15, -0.1) is 12.3 Å². The van der Waals surface area contributed by atoms with Crippen LogP contribution in [-0.4, -0.2) is 0 Å². The van der Waals surface area contributed by atoms with Gasteiger partial charge in [0, 0.05) is 111 Å². The molecule has 0 aliphatic carbocycles. The largest absolute Gasteiger partial charge is 0.120 e. The second kappa shape index (κ2) is 21.5. The lowest BCUT2D eigenvalue weighted by molar-refractivity contribution is 1.94. The Morgan fingerprint density at radius 3 is 1.13 bits per heavy atom. The standard InChI is InChI=1S/C3H4.S12/c1-3-2;1-3-5-7-9-11-12-10-8-6-4-2/h1H,2H3;. The smallest absolute Gasteiger partial charge is 0 e. The molecule has 0 fully saturated rings. The molecule has 0 saturated carbocycles. The molecular formula is C3H4S12. The van der Waals surface area contributed by atoms with Gasteiger partial charge in [-0.3, -0.25) is 0 Å². The van der Waals surface area contributed by atoms with Crippen LogP contribution in [0.15, 0.2) is 0 Å². The first kappa shape index (κ1) is 19.5. The van der Waals surface area contributed by atoms with Gasteiger partial charge in [0.05, 0.1) is 0 Å². The highest BCUT2D eigenvalue weighted by molar-refractivity contribution is 8.75. The van der Waals surface area contributed by atoms with Gasteiger partial charge in [-0.05, 0) is 6.92 Å². The molecule has 0 spiro atoms. The number of terminal acetylenes is 1. The van der Waals surface area contributed by atoms with Crippen molar-refractivity contribution < 1.29 is 0 Å². The highest BCUT2D eigenvalue weighted by Gasteiger charge is 1.38. The summed E-state index contributed by atoms with van der Waals surface area (Å²) >= 11 is 9.38. The van der Waals surface area contributed by atoms with Gasteiger partial charge in [0.25, 0.3) is 0 Å².